The van der Waals surface area contributed by atoms with Crippen LogP contribution in [0.4, 0.5) is 17.3 Å². The molecule has 0 aliphatic rings. The van der Waals surface area contributed by atoms with Crippen molar-refractivity contribution in [2.75, 3.05) is 31.9 Å². The van der Waals surface area contributed by atoms with E-state index in [1.165, 1.54) is 33.5 Å². The molecule has 0 unspecified atom stereocenters. The van der Waals surface area contributed by atoms with Crippen LogP contribution in [0.5, 0.6) is 5.75 Å². The van der Waals surface area contributed by atoms with E-state index in [1.54, 1.807) is 6.07 Å². The first-order chi connectivity index (χ1) is 16.4. The fourth-order valence-corrected chi connectivity index (χ4v) is 2.99. The van der Waals surface area contributed by atoms with Gasteiger partial charge in [0, 0.05) is 32.8 Å². The number of nitrogens with zero attached hydrogens (tertiary/aromatic N) is 5. The van der Waals surface area contributed by atoms with Crippen molar-refractivity contribution in [1.29, 1.82) is 0 Å². The summed E-state index contributed by atoms with van der Waals surface area (Å²) in [6.07, 6.45) is 1.83. The van der Waals surface area contributed by atoms with Crippen LogP contribution in [-0.4, -0.2) is 58.4 Å². The molecule has 13 heteroatoms. The highest BCUT2D eigenvalue weighted by Gasteiger charge is 2.21. The third kappa shape index (κ3) is 5.81. The van der Waals surface area contributed by atoms with Gasteiger partial charge in [-0.25, -0.2) is 4.98 Å². The molecule has 0 bridgehead atoms. The minimum Gasteiger partial charge on any atom is -0.492 e. The molecule has 13 nitrogen and oxygen atoms in total. The number of anilines is 3. The molecule has 0 aliphatic carbocycles. The number of methoxy groups -OCH3 is 2. The Hall–Kier alpha value is -4.13. The standard InChI is InChI=1S/C21H26N8O5/c1-11(2)8-15(30)25-14-9-13(17(28-27-14)21(31)22-3)24-20-18(33-5)12(6-7-23-20)19-26-16(10-32-4)34-29-19/h6-7,9,11H,8,10H2,1-5H3,(H,22,31)(H2,23,24,25,27,30). The molecule has 3 aromatic heterocycles. The molecule has 3 heterocycles. The van der Waals surface area contributed by atoms with Gasteiger partial charge in [0.05, 0.1) is 18.4 Å². The van der Waals surface area contributed by atoms with Gasteiger partial charge in [0.1, 0.15) is 6.61 Å². The van der Waals surface area contributed by atoms with Gasteiger partial charge in [0.2, 0.25) is 11.7 Å². The average Bonchev–Trinajstić information content (AvgIpc) is 3.27. The molecular weight excluding hydrogens is 444 g/mol. The summed E-state index contributed by atoms with van der Waals surface area (Å²) in [5.74, 6) is 0.785. The highest BCUT2D eigenvalue weighted by atomic mass is 16.5. The van der Waals surface area contributed by atoms with Gasteiger partial charge >= 0.3 is 0 Å². The van der Waals surface area contributed by atoms with Crippen molar-refractivity contribution in [1.82, 2.24) is 30.6 Å². The van der Waals surface area contributed by atoms with Crippen LogP contribution in [0.2, 0.25) is 0 Å². The van der Waals surface area contributed by atoms with Gasteiger partial charge in [-0.1, -0.05) is 19.0 Å². The third-order valence-corrected chi connectivity index (χ3v) is 4.44. The molecule has 0 radical (unpaired) electrons. The van der Waals surface area contributed by atoms with Crippen LogP contribution < -0.4 is 20.7 Å². The van der Waals surface area contributed by atoms with E-state index in [0.717, 1.165) is 0 Å². The van der Waals surface area contributed by atoms with Gasteiger partial charge in [-0.15, -0.1) is 10.2 Å². The molecule has 2 amide bonds. The molecule has 0 spiro atoms. The molecule has 0 saturated carbocycles. The molecule has 34 heavy (non-hydrogen) atoms. The molecule has 0 fully saturated rings. The van der Waals surface area contributed by atoms with Crippen molar-refractivity contribution >= 4 is 29.1 Å². The van der Waals surface area contributed by atoms with E-state index >= 15 is 0 Å². The summed E-state index contributed by atoms with van der Waals surface area (Å²) in [6.45, 7) is 4.02. The summed E-state index contributed by atoms with van der Waals surface area (Å²) in [7, 11) is 4.45. The van der Waals surface area contributed by atoms with Gasteiger partial charge in [-0.05, 0) is 12.0 Å². The van der Waals surface area contributed by atoms with Gasteiger partial charge in [0.15, 0.2) is 23.1 Å². The molecule has 180 valence electrons. The van der Waals surface area contributed by atoms with Gasteiger partial charge in [-0.3, -0.25) is 9.59 Å². The van der Waals surface area contributed by atoms with Crippen LogP contribution in [-0.2, 0) is 16.1 Å². The van der Waals surface area contributed by atoms with Crippen molar-refractivity contribution in [3.8, 4) is 17.1 Å². The Kier molecular flexibility index (Phi) is 8.03. The molecule has 3 N–H and O–H groups in total. The molecule has 0 atom stereocenters. The van der Waals surface area contributed by atoms with Crippen molar-refractivity contribution in [2.45, 2.75) is 26.9 Å². The Morgan fingerprint density at radius 1 is 1.21 bits per heavy atom. The van der Waals surface area contributed by atoms with Crippen LogP contribution >= 0.6 is 0 Å². The summed E-state index contributed by atoms with van der Waals surface area (Å²) in [4.78, 5) is 33.1. The normalized spacial score (nSPS) is 10.8. The van der Waals surface area contributed by atoms with Gasteiger partial charge in [-0.2, -0.15) is 4.98 Å². The summed E-state index contributed by atoms with van der Waals surface area (Å²) in [5, 5.41) is 20.1. The molecule has 0 saturated heterocycles. The van der Waals surface area contributed by atoms with Gasteiger partial charge < -0.3 is 29.9 Å². The summed E-state index contributed by atoms with van der Waals surface area (Å²) in [5.41, 5.74) is 0.756. The predicted molar refractivity (Wildman–Crippen MR) is 122 cm³/mol. The van der Waals surface area contributed by atoms with Crippen molar-refractivity contribution in [3.63, 3.8) is 0 Å². The number of aromatic nitrogens is 5. The lowest BCUT2D eigenvalue weighted by Gasteiger charge is -2.15. The molecule has 0 aromatic carbocycles. The number of ether oxygens (including phenoxy) is 2. The number of amides is 2. The second-order valence-corrected chi connectivity index (χ2v) is 7.53. The first-order valence-corrected chi connectivity index (χ1v) is 10.4. The van der Waals surface area contributed by atoms with E-state index in [4.69, 9.17) is 14.0 Å². The monoisotopic (exact) mass is 470 g/mol. The highest BCUT2D eigenvalue weighted by Crippen LogP contribution is 2.35. The number of pyridine rings is 1. The Morgan fingerprint density at radius 2 is 2.00 bits per heavy atom. The molecule has 3 rings (SSSR count). The predicted octanol–water partition coefficient (Wildman–Crippen LogP) is 2.16. The Morgan fingerprint density at radius 3 is 2.68 bits per heavy atom. The van der Waals surface area contributed by atoms with Crippen LogP contribution in [0.25, 0.3) is 11.4 Å². The van der Waals surface area contributed by atoms with Crippen LogP contribution in [0.1, 0.15) is 36.6 Å². The second kappa shape index (κ2) is 11.1. The lowest BCUT2D eigenvalue weighted by molar-refractivity contribution is -0.116. The lowest BCUT2D eigenvalue weighted by atomic mass is 10.1. The first kappa shape index (κ1) is 24.5. The zero-order valence-electron chi connectivity index (χ0n) is 19.5. The number of hydrogen-bond donors (Lipinski definition) is 3. The second-order valence-electron chi connectivity index (χ2n) is 7.53. The maximum atomic E-state index is 12.4. The quantitative estimate of drug-likeness (QED) is 0.397. The Labute approximate surface area is 195 Å². The van der Waals surface area contributed by atoms with Gasteiger partial charge in [0.25, 0.3) is 11.8 Å². The van der Waals surface area contributed by atoms with E-state index in [-0.39, 0.29) is 47.3 Å². The molecular formula is C21H26N8O5. The topological polar surface area (TPSA) is 166 Å². The Balaban J connectivity index is 1.98. The maximum Gasteiger partial charge on any atom is 0.273 e. The Bertz CT molecular complexity index is 1160. The van der Waals surface area contributed by atoms with Crippen molar-refractivity contribution in [2.24, 2.45) is 5.92 Å². The average molecular weight is 470 g/mol. The van der Waals surface area contributed by atoms with Crippen molar-refractivity contribution in [3.05, 3.63) is 29.9 Å². The summed E-state index contributed by atoms with van der Waals surface area (Å²) < 4.78 is 15.7. The number of carbonyl (C=O) groups is 2. The number of rotatable bonds is 10. The maximum absolute atomic E-state index is 12.4. The van der Waals surface area contributed by atoms with Crippen LogP contribution in [0, 0.1) is 5.92 Å². The van der Waals surface area contributed by atoms with E-state index in [9.17, 15) is 9.59 Å². The number of carbonyl (C=O) groups excluding carboxylic acids is 2. The van der Waals surface area contributed by atoms with E-state index in [0.29, 0.717) is 23.6 Å². The smallest absolute Gasteiger partial charge is 0.273 e. The van der Waals surface area contributed by atoms with E-state index in [1.807, 2.05) is 13.8 Å². The van der Waals surface area contributed by atoms with Crippen LogP contribution in [0.15, 0.2) is 22.9 Å². The zero-order valence-corrected chi connectivity index (χ0v) is 19.5. The third-order valence-electron chi connectivity index (χ3n) is 4.44. The van der Waals surface area contributed by atoms with E-state index < -0.39 is 5.91 Å². The van der Waals surface area contributed by atoms with Crippen molar-refractivity contribution < 1.29 is 23.6 Å². The minimum absolute atomic E-state index is 0.000515. The number of nitrogens with one attached hydrogen (secondary N) is 3. The van der Waals surface area contributed by atoms with Crippen LogP contribution in [0.3, 0.4) is 0 Å². The molecule has 0 aliphatic heterocycles. The lowest BCUT2D eigenvalue weighted by Crippen LogP contribution is -2.22. The zero-order chi connectivity index (χ0) is 24.7. The first-order valence-electron chi connectivity index (χ1n) is 10.4. The fraction of sp³-hybridized carbons (Fsp3) is 0.381. The summed E-state index contributed by atoms with van der Waals surface area (Å²) in [6, 6.07) is 3.15. The fourth-order valence-electron chi connectivity index (χ4n) is 2.99. The van der Waals surface area contributed by atoms with E-state index in [2.05, 4.69) is 41.3 Å². The highest BCUT2D eigenvalue weighted by molar-refractivity contribution is 5.99. The largest absolute Gasteiger partial charge is 0.492 e. The molecule has 3 aromatic rings. The minimum atomic E-state index is -0.479. The number of hydrogen-bond acceptors (Lipinski definition) is 11. The summed E-state index contributed by atoms with van der Waals surface area (Å²) >= 11 is 0. The SMILES string of the molecule is CNC(=O)c1nnc(NC(=O)CC(C)C)cc1Nc1nccc(-c2noc(COC)n2)c1OC.